The van der Waals surface area contributed by atoms with Crippen molar-refractivity contribution in [2.45, 2.75) is 26.7 Å². The highest BCUT2D eigenvalue weighted by Crippen LogP contribution is 2.24. The van der Waals surface area contributed by atoms with Gasteiger partial charge in [0.05, 0.1) is 22.3 Å². The van der Waals surface area contributed by atoms with E-state index < -0.39 is 0 Å². The lowest BCUT2D eigenvalue weighted by atomic mass is 10.0. The molecule has 0 atom stereocenters. The van der Waals surface area contributed by atoms with Crippen LogP contribution >= 0.6 is 11.6 Å². The summed E-state index contributed by atoms with van der Waals surface area (Å²) in [7, 11) is 0. The lowest BCUT2D eigenvalue weighted by Gasteiger charge is -2.13. The number of nitrogens with zero attached hydrogens (tertiary/aromatic N) is 1. The number of carbonyl (C=O) groups excluding carboxylic acids is 1. The van der Waals surface area contributed by atoms with Crippen LogP contribution in [-0.4, -0.2) is 5.91 Å². The van der Waals surface area contributed by atoms with E-state index in [-0.39, 0.29) is 11.8 Å². The van der Waals surface area contributed by atoms with Gasteiger partial charge in [-0.25, -0.2) is 0 Å². The van der Waals surface area contributed by atoms with Gasteiger partial charge in [0.25, 0.3) is 0 Å². The summed E-state index contributed by atoms with van der Waals surface area (Å²) < 4.78 is 0. The smallest absolute Gasteiger partial charge is 0.227 e. The van der Waals surface area contributed by atoms with E-state index in [0.717, 1.165) is 12.8 Å². The van der Waals surface area contributed by atoms with Gasteiger partial charge in [-0.1, -0.05) is 25.4 Å². The lowest BCUT2D eigenvalue weighted by Crippen LogP contribution is -2.21. The van der Waals surface area contributed by atoms with Crippen LogP contribution in [0.3, 0.4) is 0 Å². The Kier molecular flexibility index (Phi) is 4.99. The zero-order valence-corrected chi connectivity index (χ0v) is 10.7. The maximum atomic E-state index is 11.9. The Morgan fingerprint density at radius 3 is 2.65 bits per heavy atom. The van der Waals surface area contributed by atoms with Gasteiger partial charge in [-0.05, 0) is 31.0 Å². The van der Waals surface area contributed by atoms with Crippen LogP contribution in [0.25, 0.3) is 0 Å². The summed E-state index contributed by atoms with van der Waals surface area (Å²) in [6.07, 6.45) is 1.58. The van der Waals surface area contributed by atoms with Gasteiger partial charge in [0, 0.05) is 5.92 Å². The number of rotatable bonds is 4. The summed E-state index contributed by atoms with van der Waals surface area (Å²) in [5.74, 6) is -0.0659. The molecule has 17 heavy (non-hydrogen) atoms. The van der Waals surface area contributed by atoms with Crippen molar-refractivity contribution in [3.63, 3.8) is 0 Å². The summed E-state index contributed by atoms with van der Waals surface area (Å²) in [5, 5.41) is 12.0. The third kappa shape index (κ3) is 3.47. The molecule has 4 heteroatoms. The molecule has 0 saturated heterocycles. The van der Waals surface area contributed by atoms with Gasteiger partial charge in [-0.2, -0.15) is 5.26 Å². The Balaban J connectivity index is 2.88. The van der Waals surface area contributed by atoms with Crippen molar-refractivity contribution in [3.05, 3.63) is 28.8 Å². The molecular weight excluding hydrogens is 236 g/mol. The van der Waals surface area contributed by atoms with Gasteiger partial charge in [-0.15, -0.1) is 0 Å². The zero-order valence-electron chi connectivity index (χ0n) is 9.96. The fourth-order valence-electron chi connectivity index (χ4n) is 1.58. The molecule has 1 amide bonds. The number of nitrogens with one attached hydrogen (secondary N) is 1. The van der Waals surface area contributed by atoms with Gasteiger partial charge in [0.2, 0.25) is 5.91 Å². The molecule has 1 rings (SSSR count). The summed E-state index contributed by atoms with van der Waals surface area (Å²) >= 11 is 5.96. The number of hydrogen-bond acceptors (Lipinski definition) is 2. The monoisotopic (exact) mass is 250 g/mol. The normalized spacial score (nSPS) is 10.1. The molecule has 0 bridgehead atoms. The molecule has 0 aliphatic heterocycles. The molecule has 1 aromatic carbocycles. The van der Waals surface area contributed by atoms with E-state index in [4.69, 9.17) is 16.9 Å². The Hall–Kier alpha value is -1.53. The van der Waals surface area contributed by atoms with E-state index >= 15 is 0 Å². The van der Waals surface area contributed by atoms with Crippen LogP contribution < -0.4 is 5.32 Å². The van der Waals surface area contributed by atoms with Crippen LogP contribution in [-0.2, 0) is 4.79 Å². The SMILES string of the molecule is CCC(CC)C(=O)Nc1cc(C#N)ccc1Cl. The predicted molar refractivity (Wildman–Crippen MR) is 68.9 cm³/mol. The average molecular weight is 251 g/mol. The van der Waals surface area contributed by atoms with Crippen LogP contribution in [0.15, 0.2) is 18.2 Å². The first kappa shape index (κ1) is 13.5. The molecule has 1 N–H and O–H groups in total. The quantitative estimate of drug-likeness (QED) is 0.888. The number of hydrogen-bond donors (Lipinski definition) is 1. The number of benzene rings is 1. The molecule has 90 valence electrons. The van der Waals surface area contributed by atoms with Gasteiger partial charge in [-0.3, -0.25) is 4.79 Å². The van der Waals surface area contributed by atoms with E-state index in [9.17, 15) is 4.79 Å². The van der Waals surface area contributed by atoms with Crippen LogP contribution in [0.4, 0.5) is 5.69 Å². The Bertz CT molecular complexity index is 447. The van der Waals surface area contributed by atoms with Gasteiger partial charge in [0.1, 0.15) is 0 Å². The molecule has 0 aromatic heterocycles. The maximum absolute atomic E-state index is 11.9. The molecule has 0 aliphatic carbocycles. The lowest BCUT2D eigenvalue weighted by molar-refractivity contribution is -0.120. The predicted octanol–water partition coefficient (Wildman–Crippen LogP) is 3.59. The molecule has 0 aliphatic rings. The Morgan fingerprint density at radius 1 is 1.47 bits per heavy atom. The van der Waals surface area contributed by atoms with Crippen molar-refractivity contribution >= 4 is 23.2 Å². The first-order chi connectivity index (χ1) is 8.12. The summed E-state index contributed by atoms with van der Waals surface area (Å²) in [6.45, 7) is 3.95. The molecular formula is C13H15ClN2O. The second kappa shape index (κ2) is 6.27. The first-order valence-corrected chi connectivity index (χ1v) is 6.00. The van der Waals surface area contributed by atoms with Crippen LogP contribution in [0.1, 0.15) is 32.3 Å². The number of nitriles is 1. The highest BCUT2D eigenvalue weighted by Gasteiger charge is 2.15. The topological polar surface area (TPSA) is 52.9 Å². The van der Waals surface area contributed by atoms with Crippen molar-refractivity contribution in [3.8, 4) is 6.07 Å². The van der Waals surface area contributed by atoms with Crippen LogP contribution in [0, 0.1) is 17.2 Å². The summed E-state index contributed by atoms with van der Waals surface area (Å²) in [6, 6.07) is 6.83. The van der Waals surface area contributed by atoms with E-state index in [0.29, 0.717) is 16.3 Å². The van der Waals surface area contributed by atoms with Crippen molar-refractivity contribution in [2.75, 3.05) is 5.32 Å². The highest BCUT2D eigenvalue weighted by atomic mass is 35.5. The van der Waals surface area contributed by atoms with Crippen LogP contribution in [0.2, 0.25) is 5.02 Å². The van der Waals surface area contributed by atoms with Crippen molar-refractivity contribution < 1.29 is 4.79 Å². The van der Waals surface area contributed by atoms with Gasteiger partial charge >= 0.3 is 0 Å². The van der Waals surface area contributed by atoms with Crippen molar-refractivity contribution in [2.24, 2.45) is 5.92 Å². The third-order valence-corrected chi connectivity index (χ3v) is 3.04. The van der Waals surface area contributed by atoms with E-state index in [1.54, 1.807) is 18.2 Å². The maximum Gasteiger partial charge on any atom is 0.227 e. The minimum Gasteiger partial charge on any atom is -0.324 e. The number of carbonyl (C=O) groups is 1. The van der Waals surface area contributed by atoms with E-state index in [1.807, 2.05) is 19.9 Å². The molecule has 0 radical (unpaired) electrons. The minimum absolute atomic E-state index is 0.0168. The van der Waals surface area contributed by atoms with E-state index in [1.165, 1.54) is 0 Å². The zero-order chi connectivity index (χ0) is 12.8. The van der Waals surface area contributed by atoms with Gasteiger partial charge in [0.15, 0.2) is 0 Å². The fraction of sp³-hybridized carbons (Fsp3) is 0.385. The summed E-state index contributed by atoms with van der Waals surface area (Å²) in [4.78, 5) is 11.9. The highest BCUT2D eigenvalue weighted by molar-refractivity contribution is 6.33. The van der Waals surface area contributed by atoms with Gasteiger partial charge < -0.3 is 5.32 Å². The standard InChI is InChI=1S/C13H15ClN2O/c1-3-10(4-2)13(17)16-12-7-9(8-15)5-6-11(12)14/h5-7,10H,3-4H2,1-2H3,(H,16,17). The Morgan fingerprint density at radius 2 is 2.12 bits per heavy atom. The fourth-order valence-corrected chi connectivity index (χ4v) is 1.75. The molecule has 0 heterocycles. The second-order valence-electron chi connectivity index (χ2n) is 3.81. The van der Waals surface area contributed by atoms with E-state index in [2.05, 4.69) is 5.32 Å². The van der Waals surface area contributed by atoms with Crippen molar-refractivity contribution in [1.82, 2.24) is 0 Å². The number of halogens is 1. The average Bonchev–Trinajstić information content (AvgIpc) is 2.33. The molecule has 0 saturated carbocycles. The second-order valence-corrected chi connectivity index (χ2v) is 4.22. The molecule has 0 fully saturated rings. The minimum atomic E-state index is -0.0491. The molecule has 0 spiro atoms. The Labute approximate surface area is 106 Å². The first-order valence-electron chi connectivity index (χ1n) is 5.62. The number of amides is 1. The number of anilines is 1. The molecule has 0 unspecified atom stereocenters. The van der Waals surface area contributed by atoms with Crippen molar-refractivity contribution in [1.29, 1.82) is 5.26 Å². The molecule has 3 nitrogen and oxygen atoms in total. The third-order valence-electron chi connectivity index (χ3n) is 2.71. The van der Waals surface area contributed by atoms with Crippen LogP contribution in [0.5, 0.6) is 0 Å². The summed E-state index contributed by atoms with van der Waals surface area (Å²) in [5.41, 5.74) is 0.983. The largest absolute Gasteiger partial charge is 0.324 e. The molecule has 1 aromatic rings.